The number of benzene rings is 1. The van der Waals surface area contributed by atoms with Gasteiger partial charge in [-0.3, -0.25) is 0 Å². The number of fused-ring (bicyclic) bond motifs is 1. The van der Waals surface area contributed by atoms with Crippen LogP contribution in [-0.4, -0.2) is 46.5 Å². The van der Waals surface area contributed by atoms with E-state index in [-0.39, 0.29) is 12.2 Å². The van der Waals surface area contributed by atoms with Gasteiger partial charge in [-0.2, -0.15) is 0 Å². The molecular formula is C20H25N3O2. The van der Waals surface area contributed by atoms with Crippen LogP contribution in [0.2, 0.25) is 0 Å². The Morgan fingerprint density at radius 3 is 2.68 bits per heavy atom. The zero-order chi connectivity index (χ0) is 17.4. The van der Waals surface area contributed by atoms with Crippen molar-refractivity contribution < 1.29 is 9.84 Å². The van der Waals surface area contributed by atoms with Gasteiger partial charge in [0.15, 0.2) is 5.82 Å². The first-order valence-corrected chi connectivity index (χ1v) is 9.15. The Bertz CT molecular complexity index is 748. The van der Waals surface area contributed by atoms with Crippen molar-refractivity contribution in [2.75, 3.05) is 18.0 Å². The molecule has 4 rings (SSSR count). The van der Waals surface area contributed by atoms with Crippen LogP contribution >= 0.6 is 0 Å². The molecule has 2 heterocycles. The minimum Gasteiger partial charge on any atom is -0.388 e. The first-order chi connectivity index (χ1) is 12.1. The zero-order valence-corrected chi connectivity index (χ0v) is 14.9. The number of aliphatic hydroxyl groups excluding tert-OH is 1. The first-order valence-electron chi connectivity index (χ1n) is 9.15. The molecule has 1 fully saturated rings. The van der Waals surface area contributed by atoms with Crippen LogP contribution in [0.1, 0.15) is 31.5 Å². The Kier molecular flexibility index (Phi) is 4.44. The van der Waals surface area contributed by atoms with Gasteiger partial charge in [0, 0.05) is 29.9 Å². The monoisotopic (exact) mass is 339 g/mol. The molecule has 1 saturated heterocycles. The van der Waals surface area contributed by atoms with Crippen molar-refractivity contribution >= 4 is 5.82 Å². The molecular weight excluding hydrogens is 314 g/mol. The van der Waals surface area contributed by atoms with Gasteiger partial charge in [-0.25, -0.2) is 9.97 Å². The molecule has 0 spiro atoms. The normalized spacial score (nSPS) is 22.6. The van der Waals surface area contributed by atoms with E-state index in [1.54, 1.807) is 0 Å². The smallest absolute Gasteiger partial charge is 0.161 e. The van der Waals surface area contributed by atoms with E-state index in [0.29, 0.717) is 13.1 Å². The maximum Gasteiger partial charge on any atom is 0.161 e. The van der Waals surface area contributed by atoms with E-state index in [1.807, 2.05) is 44.2 Å². The number of nitrogens with zero attached hydrogens (tertiary/aromatic N) is 3. The van der Waals surface area contributed by atoms with E-state index >= 15 is 0 Å². The van der Waals surface area contributed by atoms with Crippen LogP contribution in [0.4, 0.5) is 5.82 Å². The second kappa shape index (κ2) is 6.73. The van der Waals surface area contributed by atoms with E-state index in [9.17, 15) is 5.11 Å². The van der Waals surface area contributed by atoms with E-state index < -0.39 is 6.10 Å². The number of rotatable bonds is 4. The number of aryl methyl sites for hydroxylation is 1. The second-order valence-corrected chi connectivity index (χ2v) is 7.21. The van der Waals surface area contributed by atoms with Crippen molar-refractivity contribution in [3.8, 4) is 11.4 Å². The predicted molar refractivity (Wildman–Crippen MR) is 97.7 cm³/mol. The summed E-state index contributed by atoms with van der Waals surface area (Å²) in [4.78, 5) is 11.9. The van der Waals surface area contributed by atoms with Gasteiger partial charge in [0.05, 0.1) is 12.2 Å². The van der Waals surface area contributed by atoms with Crippen LogP contribution in [0, 0.1) is 0 Å². The quantitative estimate of drug-likeness (QED) is 0.928. The lowest BCUT2D eigenvalue weighted by molar-refractivity contribution is -0.0386. The molecule has 5 nitrogen and oxygen atoms in total. The van der Waals surface area contributed by atoms with Gasteiger partial charge in [-0.1, -0.05) is 30.3 Å². The topological polar surface area (TPSA) is 58.5 Å². The van der Waals surface area contributed by atoms with Gasteiger partial charge >= 0.3 is 0 Å². The average Bonchev–Trinajstić information content (AvgIpc) is 3.21. The van der Waals surface area contributed by atoms with E-state index in [1.165, 1.54) is 5.56 Å². The lowest BCUT2D eigenvalue weighted by Gasteiger charge is -2.21. The average molecular weight is 339 g/mol. The number of hydrogen-bond acceptors (Lipinski definition) is 5. The molecule has 0 bridgehead atoms. The molecule has 132 valence electrons. The zero-order valence-electron chi connectivity index (χ0n) is 14.9. The Balaban J connectivity index is 1.69. The summed E-state index contributed by atoms with van der Waals surface area (Å²) >= 11 is 0. The highest BCUT2D eigenvalue weighted by molar-refractivity contribution is 5.62. The van der Waals surface area contributed by atoms with Gasteiger partial charge in [-0.05, 0) is 33.1 Å². The SMILES string of the molecule is CC(C)O[C@H]1CN(c2nc(-c3ccccc3)nc3c2CCC3)C[C@@H]1O. The number of hydrogen-bond donors (Lipinski definition) is 1. The van der Waals surface area contributed by atoms with Crippen molar-refractivity contribution in [1.82, 2.24) is 9.97 Å². The third-order valence-electron chi connectivity index (χ3n) is 4.93. The molecule has 0 amide bonds. The number of aliphatic hydroxyl groups is 1. The standard InChI is InChI=1S/C20H25N3O2/c1-13(2)25-18-12-23(11-17(18)24)20-15-9-6-10-16(15)21-19(22-20)14-7-4-3-5-8-14/h3-5,7-8,13,17-18,24H,6,9-12H2,1-2H3/t17-,18-/m0/s1. The number of aromatic nitrogens is 2. The Morgan fingerprint density at radius 1 is 1.12 bits per heavy atom. The van der Waals surface area contributed by atoms with Crippen molar-refractivity contribution in [3.05, 3.63) is 41.6 Å². The van der Waals surface area contributed by atoms with Crippen LogP contribution < -0.4 is 4.90 Å². The van der Waals surface area contributed by atoms with Crippen LogP contribution in [0.5, 0.6) is 0 Å². The van der Waals surface area contributed by atoms with Gasteiger partial charge < -0.3 is 14.7 Å². The van der Waals surface area contributed by atoms with Crippen LogP contribution in [0.25, 0.3) is 11.4 Å². The fourth-order valence-electron chi connectivity index (χ4n) is 3.80. The summed E-state index contributed by atoms with van der Waals surface area (Å²) in [6, 6.07) is 10.1. The fraction of sp³-hybridized carbons (Fsp3) is 0.500. The molecule has 1 aromatic heterocycles. The number of β-amino-alcohol motifs (C(OH)–C–C–N with tert-alkyl or cyclic N) is 1. The fourth-order valence-corrected chi connectivity index (χ4v) is 3.80. The summed E-state index contributed by atoms with van der Waals surface area (Å²) in [6.07, 6.45) is 2.62. The lowest BCUT2D eigenvalue weighted by Crippen LogP contribution is -2.29. The minimum atomic E-state index is -0.477. The molecule has 5 heteroatoms. The second-order valence-electron chi connectivity index (χ2n) is 7.21. The van der Waals surface area contributed by atoms with Crippen LogP contribution in [-0.2, 0) is 17.6 Å². The van der Waals surface area contributed by atoms with Gasteiger partial charge in [0.2, 0.25) is 0 Å². The third kappa shape index (κ3) is 3.26. The van der Waals surface area contributed by atoms with E-state index in [0.717, 1.165) is 42.2 Å². The first kappa shape index (κ1) is 16.5. The highest BCUT2D eigenvalue weighted by atomic mass is 16.5. The van der Waals surface area contributed by atoms with Gasteiger partial charge in [-0.15, -0.1) is 0 Å². The Labute approximate surface area is 148 Å². The summed E-state index contributed by atoms with van der Waals surface area (Å²) < 4.78 is 5.87. The maximum atomic E-state index is 10.4. The Hall–Kier alpha value is -1.98. The molecule has 2 aromatic rings. The number of anilines is 1. The lowest BCUT2D eigenvalue weighted by atomic mass is 10.2. The molecule has 1 aliphatic carbocycles. The predicted octanol–water partition coefficient (Wildman–Crippen LogP) is 2.61. The van der Waals surface area contributed by atoms with Crippen molar-refractivity contribution in [2.24, 2.45) is 0 Å². The third-order valence-corrected chi connectivity index (χ3v) is 4.93. The van der Waals surface area contributed by atoms with E-state index in [4.69, 9.17) is 14.7 Å². The Morgan fingerprint density at radius 2 is 1.92 bits per heavy atom. The molecule has 0 saturated carbocycles. The summed E-state index contributed by atoms with van der Waals surface area (Å²) in [5.41, 5.74) is 3.44. The summed E-state index contributed by atoms with van der Waals surface area (Å²) in [5, 5.41) is 10.4. The number of ether oxygens (including phenoxy) is 1. The van der Waals surface area contributed by atoms with E-state index in [2.05, 4.69) is 4.90 Å². The largest absolute Gasteiger partial charge is 0.388 e. The van der Waals surface area contributed by atoms with Gasteiger partial charge in [0.25, 0.3) is 0 Å². The highest BCUT2D eigenvalue weighted by Gasteiger charge is 2.35. The molecule has 1 N–H and O–H groups in total. The molecule has 0 radical (unpaired) electrons. The summed E-state index contributed by atoms with van der Waals surface area (Å²) in [5.74, 6) is 1.76. The van der Waals surface area contributed by atoms with Crippen LogP contribution in [0.3, 0.4) is 0 Å². The summed E-state index contributed by atoms with van der Waals surface area (Å²) in [7, 11) is 0. The molecule has 1 aliphatic heterocycles. The van der Waals surface area contributed by atoms with Crippen molar-refractivity contribution in [1.29, 1.82) is 0 Å². The highest BCUT2D eigenvalue weighted by Crippen LogP contribution is 2.33. The molecule has 0 unspecified atom stereocenters. The minimum absolute atomic E-state index is 0.107. The molecule has 1 aromatic carbocycles. The van der Waals surface area contributed by atoms with Crippen molar-refractivity contribution in [2.45, 2.75) is 51.4 Å². The molecule has 25 heavy (non-hydrogen) atoms. The summed E-state index contributed by atoms with van der Waals surface area (Å²) in [6.45, 7) is 5.25. The molecule has 2 aliphatic rings. The molecule has 2 atom stereocenters. The van der Waals surface area contributed by atoms with Crippen molar-refractivity contribution in [3.63, 3.8) is 0 Å². The van der Waals surface area contributed by atoms with Gasteiger partial charge in [0.1, 0.15) is 11.9 Å². The van der Waals surface area contributed by atoms with Crippen LogP contribution in [0.15, 0.2) is 30.3 Å². The maximum absolute atomic E-state index is 10.4.